The first-order valence-electron chi connectivity index (χ1n) is 4.09. The van der Waals surface area contributed by atoms with Gasteiger partial charge >= 0.3 is 6.03 Å². The van der Waals surface area contributed by atoms with Crippen LogP contribution in [0.15, 0.2) is 12.1 Å². The molecule has 1 atom stereocenters. The Morgan fingerprint density at radius 3 is 2.38 bits per heavy atom. The zero-order chi connectivity index (χ0) is 12.3. The lowest BCUT2D eigenvalue weighted by Gasteiger charge is -2.20. The van der Waals surface area contributed by atoms with E-state index < -0.39 is 11.2 Å². The van der Waals surface area contributed by atoms with Crippen LogP contribution >= 0.6 is 23.2 Å². The average Bonchev–Trinajstić information content (AvgIpc) is 2.16. The summed E-state index contributed by atoms with van der Waals surface area (Å²) in [4.78, 5) is 10.5. The maximum atomic E-state index is 11.4. The number of nitrogens with two attached hydrogens (primary N) is 1. The third-order valence-corrected chi connectivity index (χ3v) is 2.26. The number of primary amides is 1. The van der Waals surface area contributed by atoms with Crippen LogP contribution in [-0.2, 0) is 0 Å². The van der Waals surface area contributed by atoms with E-state index in [1.165, 1.54) is 19.2 Å². The summed E-state index contributed by atoms with van der Waals surface area (Å²) in [5.74, 6) is 0.263. The molecule has 0 radical (unpaired) electrons. The molecule has 0 fully saturated rings. The van der Waals surface area contributed by atoms with Gasteiger partial charge in [0.05, 0.1) is 17.2 Å². The van der Waals surface area contributed by atoms with Crippen molar-refractivity contribution in [2.45, 2.75) is 0 Å². The number of halogens is 2. The highest BCUT2D eigenvalue weighted by Gasteiger charge is 2.13. The molecule has 0 saturated heterocycles. The van der Waals surface area contributed by atoms with Crippen molar-refractivity contribution in [2.24, 2.45) is 5.73 Å². The molecule has 0 heterocycles. The van der Waals surface area contributed by atoms with Gasteiger partial charge in [0.25, 0.3) is 0 Å². The molecule has 2 amide bonds. The summed E-state index contributed by atoms with van der Waals surface area (Å²) in [6.45, 7) is 0. The largest absolute Gasteiger partial charge is 0.603 e. The quantitative estimate of drug-likeness (QED) is 0.699. The highest BCUT2D eigenvalue weighted by Crippen LogP contribution is 2.34. The Labute approximate surface area is 101 Å². The zero-order valence-corrected chi connectivity index (χ0v) is 9.72. The number of urea groups is 1. The first-order chi connectivity index (χ1) is 7.45. The van der Waals surface area contributed by atoms with Crippen molar-refractivity contribution in [1.29, 1.82) is 0 Å². The minimum Gasteiger partial charge on any atom is -0.603 e. The first kappa shape index (κ1) is 12.9. The Balaban J connectivity index is 3.03. The van der Waals surface area contributed by atoms with Gasteiger partial charge in [0, 0.05) is 12.1 Å². The van der Waals surface area contributed by atoms with Gasteiger partial charge in [-0.1, -0.05) is 23.2 Å². The highest BCUT2D eigenvalue weighted by atomic mass is 35.5. The van der Waals surface area contributed by atoms with Gasteiger partial charge in [0.1, 0.15) is 0 Å². The van der Waals surface area contributed by atoms with Crippen LogP contribution in [0.5, 0.6) is 5.75 Å². The Kier molecular flexibility index (Phi) is 4.19. The third kappa shape index (κ3) is 2.89. The fourth-order valence-electron chi connectivity index (χ4n) is 1.07. The Bertz CT molecular complexity index is 391. The highest BCUT2D eigenvalue weighted by molar-refractivity contribution is 6.37. The number of carbonyl (C=O) groups is 1. The minimum absolute atomic E-state index is 0.120. The van der Waals surface area contributed by atoms with E-state index in [0.717, 1.165) is 0 Å². The Hall–Kier alpha value is -1.21. The first-order valence-corrected chi connectivity index (χ1v) is 4.85. The van der Waals surface area contributed by atoms with Crippen LogP contribution in [0.4, 0.5) is 10.5 Å². The summed E-state index contributed by atoms with van der Waals surface area (Å²) in [5, 5.41) is 11.0. The normalized spacial score (nSPS) is 12.0. The number of methoxy groups -OCH3 is 1. The van der Waals surface area contributed by atoms with Gasteiger partial charge in [0.2, 0.25) is 0 Å². The number of carbonyl (C=O) groups excluding carboxylic acids is 1. The van der Waals surface area contributed by atoms with Gasteiger partial charge < -0.3 is 15.7 Å². The Morgan fingerprint density at radius 1 is 1.50 bits per heavy atom. The maximum Gasteiger partial charge on any atom is 0.357 e. The second-order valence-electron chi connectivity index (χ2n) is 2.79. The van der Waals surface area contributed by atoms with Crippen LogP contribution in [-0.4, -0.2) is 13.1 Å². The van der Waals surface area contributed by atoms with Crippen molar-refractivity contribution in [2.75, 3.05) is 7.11 Å². The molecule has 1 aromatic rings. The van der Waals surface area contributed by atoms with Crippen molar-refractivity contribution in [3.8, 4) is 5.75 Å². The van der Waals surface area contributed by atoms with E-state index in [4.69, 9.17) is 33.7 Å². The number of nitrogens with one attached hydrogen (secondary N) is 2. The fraction of sp³-hybridized carbons (Fsp3) is 0.125. The van der Waals surface area contributed by atoms with Crippen LogP contribution in [0.25, 0.3) is 0 Å². The molecule has 0 spiro atoms. The summed E-state index contributed by atoms with van der Waals surface area (Å²) < 4.78 is 4.90. The maximum absolute atomic E-state index is 11.4. The lowest BCUT2D eigenvalue weighted by molar-refractivity contribution is -0.816. The van der Waals surface area contributed by atoms with Crippen molar-refractivity contribution in [1.82, 2.24) is 5.43 Å². The fourth-order valence-corrected chi connectivity index (χ4v) is 1.71. The van der Waals surface area contributed by atoms with Crippen LogP contribution in [0.1, 0.15) is 0 Å². The molecule has 0 aliphatic carbocycles. The molecule has 0 saturated carbocycles. The molecular formula is C8H9Cl2N3O3. The summed E-state index contributed by atoms with van der Waals surface area (Å²) in [5.41, 5.74) is 6.81. The van der Waals surface area contributed by atoms with Crippen LogP contribution in [0.2, 0.25) is 10.0 Å². The van der Waals surface area contributed by atoms with Crippen molar-refractivity contribution >= 4 is 34.9 Å². The van der Waals surface area contributed by atoms with Gasteiger partial charge in [-0.15, -0.1) is 0 Å². The molecule has 6 nitrogen and oxygen atoms in total. The number of amides is 2. The number of hydrogen-bond acceptors (Lipinski definition) is 3. The number of rotatable bonds is 3. The minimum atomic E-state index is -0.951. The Morgan fingerprint density at radius 2 is 2.00 bits per heavy atom. The molecule has 4 N–H and O–H groups in total. The predicted octanol–water partition coefficient (Wildman–Crippen LogP) is 0.600. The monoisotopic (exact) mass is 265 g/mol. The van der Waals surface area contributed by atoms with Gasteiger partial charge in [-0.25, -0.2) is 9.97 Å². The van der Waals surface area contributed by atoms with E-state index in [2.05, 4.69) is 0 Å². The lowest BCUT2D eigenvalue weighted by atomic mass is 10.3. The molecule has 0 aromatic heterocycles. The summed E-state index contributed by atoms with van der Waals surface area (Å²) in [6.07, 6.45) is 0. The van der Waals surface area contributed by atoms with Crippen molar-refractivity contribution in [3.63, 3.8) is 0 Å². The number of quaternary nitrogens is 1. The number of ether oxygens (including phenoxy) is 1. The van der Waals surface area contributed by atoms with E-state index in [0.29, 0.717) is 0 Å². The SMILES string of the molecule is COc1c(Cl)cc([NH+]([O-])NC(N)=O)cc1Cl. The smallest absolute Gasteiger partial charge is 0.357 e. The van der Waals surface area contributed by atoms with E-state index in [-0.39, 0.29) is 21.5 Å². The third-order valence-electron chi connectivity index (χ3n) is 1.70. The molecule has 0 aliphatic rings. The lowest BCUT2D eigenvalue weighted by Crippen LogP contribution is -3.10. The van der Waals surface area contributed by atoms with Crippen molar-refractivity contribution in [3.05, 3.63) is 27.4 Å². The molecule has 16 heavy (non-hydrogen) atoms. The molecule has 1 aromatic carbocycles. The average molecular weight is 266 g/mol. The second-order valence-corrected chi connectivity index (χ2v) is 3.61. The topological polar surface area (TPSA) is 91.8 Å². The molecule has 0 aliphatic heterocycles. The molecule has 1 rings (SSSR count). The van der Waals surface area contributed by atoms with Gasteiger partial charge in [-0.3, -0.25) is 0 Å². The van der Waals surface area contributed by atoms with Crippen LogP contribution < -0.4 is 21.1 Å². The molecule has 0 bridgehead atoms. The predicted molar refractivity (Wildman–Crippen MR) is 59.7 cm³/mol. The van der Waals surface area contributed by atoms with E-state index >= 15 is 0 Å². The van der Waals surface area contributed by atoms with Crippen LogP contribution in [0, 0.1) is 5.21 Å². The molecule has 1 unspecified atom stereocenters. The van der Waals surface area contributed by atoms with E-state index in [9.17, 15) is 10.0 Å². The van der Waals surface area contributed by atoms with Gasteiger partial charge in [0.15, 0.2) is 11.4 Å². The zero-order valence-electron chi connectivity index (χ0n) is 8.21. The number of benzene rings is 1. The van der Waals surface area contributed by atoms with E-state index in [1.54, 1.807) is 0 Å². The molecule has 8 heteroatoms. The summed E-state index contributed by atoms with van der Waals surface area (Å²) in [6, 6.07) is 1.70. The molecule has 88 valence electrons. The number of hydrogen-bond donors (Lipinski definition) is 3. The standard InChI is InChI=1S/C8H9Cl2N3O3/c1-16-7-5(9)2-4(3-6(7)10)13(15)12-8(11)14/h2-3,13H,1H3,(H3,11,12,14). The van der Waals surface area contributed by atoms with Crippen LogP contribution in [0.3, 0.4) is 0 Å². The van der Waals surface area contributed by atoms with Gasteiger partial charge in [-0.05, 0) is 0 Å². The summed E-state index contributed by atoms with van der Waals surface area (Å²) >= 11 is 11.6. The molecular weight excluding hydrogens is 257 g/mol. The van der Waals surface area contributed by atoms with Gasteiger partial charge in [-0.2, -0.15) is 5.43 Å². The second kappa shape index (κ2) is 5.22. The summed E-state index contributed by atoms with van der Waals surface area (Å²) in [7, 11) is 1.40. The van der Waals surface area contributed by atoms with E-state index in [1.807, 2.05) is 5.43 Å². The van der Waals surface area contributed by atoms with Crippen molar-refractivity contribution < 1.29 is 14.7 Å².